The zero-order valence-corrected chi connectivity index (χ0v) is 17.4. The molecule has 2 aromatic heterocycles. The Labute approximate surface area is 180 Å². The molecular weight excluding hydrogens is 392 g/mol. The van der Waals surface area contributed by atoms with Crippen LogP contribution in [0, 0.1) is 18.3 Å². The third-order valence-electron chi connectivity index (χ3n) is 5.56. The zero-order valence-electron chi connectivity index (χ0n) is 17.4. The molecule has 0 saturated carbocycles. The zero-order chi connectivity index (χ0) is 22.0. The second-order valence-corrected chi connectivity index (χ2v) is 7.63. The molecule has 3 N–H and O–H groups in total. The number of aliphatic hydroxyl groups excluding tert-OH is 1. The van der Waals surface area contributed by atoms with Gasteiger partial charge >= 0.3 is 0 Å². The first-order valence-corrected chi connectivity index (χ1v) is 10.3. The number of rotatable bonds is 6. The van der Waals surface area contributed by atoms with Crippen molar-refractivity contribution in [3.05, 3.63) is 47.4 Å². The van der Waals surface area contributed by atoms with Crippen molar-refractivity contribution < 1.29 is 9.90 Å². The number of nitrogens with zero attached hydrogens (tertiary/aromatic N) is 5. The topological polar surface area (TPSA) is 121 Å². The van der Waals surface area contributed by atoms with Gasteiger partial charge in [0.25, 0.3) is 5.91 Å². The van der Waals surface area contributed by atoms with Crippen molar-refractivity contribution in [2.75, 3.05) is 25.4 Å². The Morgan fingerprint density at radius 1 is 1.29 bits per heavy atom. The number of anilines is 1. The standard InChI is InChI=1S/C23H24N6O2/c1-15-4-6-16(7-5-15)19-18(12-17(13-24)23(31)28-8-2-9-28)29(10-3-11-30)22-20(19)21(25)26-14-27-22/h4-7,12,14,30H,2-3,8-11H2,1H3,(H2,25,26,27). The maximum absolute atomic E-state index is 12.8. The van der Waals surface area contributed by atoms with Gasteiger partial charge in [0.1, 0.15) is 29.4 Å². The molecule has 0 radical (unpaired) electrons. The van der Waals surface area contributed by atoms with Crippen LogP contribution < -0.4 is 5.73 Å². The number of aryl methyl sites for hydroxylation is 2. The largest absolute Gasteiger partial charge is 0.396 e. The number of amides is 1. The minimum absolute atomic E-state index is 0.00107. The molecule has 1 aliphatic rings. The van der Waals surface area contributed by atoms with E-state index in [2.05, 4.69) is 16.0 Å². The van der Waals surface area contributed by atoms with Gasteiger partial charge in [0, 0.05) is 31.8 Å². The minimum atomic E-state index is -0.276. The van der Waals surface area contributed by atoms with Crippen LogP contribution in [0.3, 0.4) is 0 Å². The lowest BCUT2D eigenvalue weighted by Crippen LogP contribution is -2.42. The smallest absolute Gasteiger partial charge is 0.264 e. The first-order chi connectivity index (χ1) is 15.0. The summed E-state index contributed by atoms with van der Waals surface area (Å²) in [6.07, 6.45) is 4.45. The molecule has 0 atom stereocenters. The lowest BCUT2D eigenvalue weighted by molar-refractivity contribution is -0.129. The van der Waals surface area contributed by atoms with E-state index in [0.29, 0.717) is 48.6 Å². The average molecular weight is 416 g/mol. The average Bonchev–Trinajstić information content (AvgIpc) is 3.04. The van der Waals surface area contributed by atoms with E-state index in [1.54, 1.807) is 11.0 Å². The molecule has 3 aromatic rings. The van der Waals surface area contributed by atoms with E-state index in [-0.39, 0.29) is 18.1 Å². The second kappa shape index (κ2) is 8.58. The van der Waals surface area contributed by atoms with Gasteiger partial charge in [-0.15, -0.1) is 0 Å². The first-order valence-electron chi connectivity index (χ1n) is 10.3. The van der Waals surface area contributed by atoms with Gasteiger partial charge < -0.3 is 20.3 Å². The highest BCUT2D eigenvalue weighted by molar-refractivity contribution is 6.08. The Hall–Kier alpha value is -3.70. The van der Waals surface area contributed by atoms with Gasteiger partial charge in [0.15, 0.2) is 0 Å². The monoisotopic (exact) mass is 416 g/mol. The van der Waals surface area contributed by atoms with Gasteiger partial charge in [-0.05, 0) is 31.4 Å². The van der Waals surface area contributed by atoms with Gasteiger partial charge in [-0.2, -0.15) is 5.26 Å². The van der Waals surface area contributed by atoms with Crippen molar-refractivity contribution in [3.63, 3.8) is 0 Å². The summed E-state index contributed by atoms with van der Waals surface area (Å²) in [6, 6.07) is 10.0. The van der Waals surface area contributed by atoms with Crippen molar-refractivity contribution in [2.45, 2.75) is 26.3 Å². The summed E-state index contributed by atoms with van der Waals surface area (Å²) in [5, 5.41) is 19.9. The number of aliphatic hydroxyl groups is 1. The van der Waals surface area contributed by atoms with Crippen molar-refractivity contribution in [1.29, 1.82) is 5.26 Å². The quantitative estimate of drug-likeness (QED) is 0.470. The fourth-order valence-corrected chi connectivity index (χ4v) is 3.80. The molecule has 1 aromatic carbocycles. The number of benzene rings is 1. The Morgan fingerprint density at radius 3 is 2.65 bits per heavy atom. The molecule has 0 spiro atoms. The Kier molecular flexibility index (Phi) is 5.69. The maximum atomic E-state index is 12.8. The SMILES string of the molecule is Cc1ccc(-c2c(C=C(C#N)C(=O)N3CCC3)n(CCCO)c3ncnc(N)c23)cc1. The highest BCUT2D eigenvalue weighted by atomic mass is 16.3. The molecular formula is C23H24N6O2. The number of hydrogen-bond acceptors (Lipinski definition) is 6. The number of nitrogen functional groups attached to an aromatic ring is 1. The summed E-state index contributed by atoms with van der Waals surface area (Å²) in [6.45, 7) is 3.79. The van der Waals surface area contributed by atoms with Crippen LogP contribution in [-0.4, -0.2) is 50.1 Å². The highest BCUT2D eigenvalue weighted by Gasteiger charge is 2.26. The lowest BCUT2D eigenvalue weighted by Gasteiger charge is -2.30. The number of nitriles is 1. The van der Waals surface area contributed by atoms with Crippen LogP contribution in [0.2, 0.25) is 0 Å². The number of nitrogens with two attached hydrogens (primary N) is 1. The Bertz CT molecular complexity index is 1200. The number of aromatic nitrogens is 3. The lowest BCUT2D eigenvalue weighted by atomic mass is 10.00. The van der Waals surface area contributed by atoms with Gasteiger partial charge in [-0.1, -0.05) is 29.8 Å². The normalized spacial score (nSPS) is 13.8. The van der Waals surface area contributed by atoms with Crippen molar-refractivity contribution >= 4 is 28.8 Å². The summed E-state index contributed by atoms with van der Waals surface area (Å²) in [5.74, 6) is 0.0483. The van der Waals surface area contributed by atoms with Crippen LogP contribution in [0.5, 0.6) is 0 Å². The minimum Gasteiger partial charge on any atom is -0.396 e. The molecule has 1 amide bonds. The number of carbonyl (C=O) groups is 1. The molecule has 0 bridgehead atoms. The van der Waals surface area contributed by atoms with Crippen LogP contribution in [0.15, 0.2) is 36.2 Å². The van der Waals surface area contributed by atoms with Gasteiger partial charge in [0.2, 0.25) is 0 Å². The number of fused-ring (bicyclic) bond motifs is 1. The van der Waals surface area contributed by atoms with Crippen LogP contribution in [-0.2, 0) is 11.3 Å². The summed E-state index contributed by atoms with van der Waals surface area (Å²) in [7, 11) is 0. The van der Waals surface area contributed by atoms with E-state index in [1.807, 2.05) is 35.8 Å². The first kappa shape index (κ1) is 20.6. The van der Waals surface area contributed by atoms with Crippen molar-refractivity contribution in [2.24, 2.45) is 0 Å². The summed E-state index contributed by atoms with van der Waals surface area (Å²) in [4.78, 5) is 23.1. The summed E-state index contributed by atoms with van der Waals surface area (Å²) in [5.41, 5.74) is 10.4. The Balaban J connectivity index is 2.01. The van der Waals surface area contributed by atoms with Gasteiger partial charge in [0.05, 0.1) is 11.1 Å². The fourth-order valence-electron chi connectivity index (χ4n) is 3.80. The molecule has 1 aliphatic heterocycles. The maximum Gasteiger partial charge on any atom is 0.264 e. The third-order valence-corrected chi connectivity index (χ3v) is 5.56. The van der Waals surface area contributed by atoms with E-state index in [9.17, 15) is 15.2 Å². The van der Waals surface area contributed by atoms with Gasteiger partial charge in [-0.3, -0.25) is 4.79 Å². The molecule has 0 unspecified atom stereocenters. The predicted octanol–water partition coefficient (Wildman–Crippen LogP) is 2.51. The van der Waals surface area contributed by atoms with Crippen LogP contribution >= 0.6 is 0 Å². The molecule has 0 aliphatic carbocycles. The van der Waals surface area contributed by atoms with E-state index in [0.717, 1.165) is 23.1 Å². The van der Waals surface area contributed by atoms with Crippen LogP contribution in [0.1, 0.15) is 24.1 Å². The fraction of sp³-hybridized carbons (Fsp3) is 0.304. The van der Waals surface area contributed by atoms with Crippen molar-refractivity contribution in [1.82, 2.24) is 19.4 Å². The Morgan fingerprint density at radius 2 is 2.03 bits per heavy atom. The molecule has 3 heterocycles. The number of hydrogen-bond donors (Lipinski definition) is 2. The summed E-state index contributed by atoms with van der Waals surface area (Å²) < 4.78 is 1.90. The number of carbonyl (C=O) groups excluding carboxylic acids is 1. The molecule has 31 heavy (non-hydrogen) atoms. The van der Waals surface area contributed by atoms with Crippen LogP contribution in [0.4, 0.5) is 5.82 Å². The highest BCUT2D eigenvalue weighted by Crippen LogP contribution is 2.38. The molecule has 4 rings (SSSR count). The van der Waals surface area contributed by atoms with E-state index >= 15 is 0 Å². The van der Waals surface area contributed by atoms with Crippen molar-refractivity contribution in [3.8, 4) is 17.2 Å². The van der Waals surface area contributed by atoms with Gasteiger partial charge in [-0.25, -0.2) is 9.97 Å². The van der Waals surface area contributed by atoms with E-state index in [1.165, 1.54) is 6.33 Å². The molecule has 1 saturated heterocycles. The molecule has 158 valence electrons. The summed E-state index contributed by atoms with van der Waals surface area (Å²) >= 11 is 0. The second-order valence-electron chi connectivity index (χ2n) is 7.63. The van der Waals surface area contributed by atoms with E-state index in [4.69, 9.17) is 5.73 Å². The van der Waals surface area contributed by atoms with E-state index < -0.39 is 0 Å². The predicted molar refractivity (Wildman–Crippen MR) is 119 cm³/mol. The van der Waals surface area contributed by atoms with Crippen LogP contribution in [0.25, 0.3) is 28.2 Å². The number of likely N-dealkylation sites (tertiary alicyclic amines) is 1. The molecule has 8 nitrogen and oxygen atoms in total. The third kappa shape index (κ3) is 3.76. The molecule has 1 fully saturated rings. The molecule has 8 heteroatoms.